The number of rotatable bonds is 6. The van der Waals surface area contributed by atoms with E-state index in [4.69, 9.17) is 10.2 Å². The number of hydrogen-bond donors (Lipinski definition) is 2. The van der Waals surface area contributed by atoms with Crippen molar-refractivity contribution in [2.75, 3.05) is 0 Å². The molecule has 3 nitrogen and oxygen atoms in total. The SMILES string of the molecule is C.CCC(=O)C(C)C.CCC(O)C(C)C.CCC(O)C(C)C. The summed E-state index contributed by atoms with van der Waals surface area (Å²) in [6.07, 6.45) is 2.23. The Hall–Kier alpha value is -0.410. The normalized spacial score (nSPS) is 12.6. The highest BCUT2D eigenvalue weighted by atomic mass is 16.3. The summed E-state index contributed by atoms with van der Waals surface area (Å²) in [5, 5.41) is 17.9. The zero-order valence-electron chi connectivity index (χ0n) is 15.8. The molecule has 3 heteroatoms. The monoisotopic (exact) mass is 320 g/mol. The molecular formula is C19H44O3. The van der Waals surface area contributed by atoms with Gasteiger partial charge in [0.05, 0.1) is 12.2 Å². The van der Waals surface area contributed by atoms with Crippen molar-refractivity contribution in [2.45, 2.75) is 101 Å². The van der Waals surface area contributed by atoms with E-state index < -0.39 is 0 Å². The number of carbonyl (C=O) groups excluding carboxylic acids is 1. The van der Waals surface area contributed by atoms with Crippen LogP contribution >= 0.6 is 0 Å². The fourth-order valence-electron chi connectivity index (χ4n) is 1.35. The molecule has 22 heavy (non-hydrogen) atoms. The van der Waals surface area contributed by atoms with E-state index in [1.54, 1.807) is 0 Å². The second-order valence-electron chi connectivity index (χ2n) is 6.41. The van der Waals surface area contributed by atoms with Crippen LogP contribution in [0.1, 0.15) is 89.0 Å². The van der Waals surface area contributed by atoms with Crippen molar-refractivity contribution < 1.29 is 15.0 Å². The van der Waals surface area contributed by atoms with E-state index in [0.717, 1.165) is 12.8 Å². The summed E-state index contributed by atoms with van der Waals surface area (Å²) in [5.74, 6) is 1.42. The van der Waals surface area contributed by atoms with Crippen LogP contribution in [-0.2, 0) is 4.79 Å². The summed E-state index contributed by atoms with van der Waals surface area (Å²) >= 11 is 0. The van der Waals surface area contributed by atoms with Crippen molar-refractivity contribution in [3.8, 4) is 0 Å². The van der Waals surface area contributed by atoms with Crippen LogP contribution in [-0.4, -0.2) is 28.2 Å². The van der Waals surface area contributed by atoms with Gasteiger partial charge >= 0.3 is 0 Å². The molecule has 0 aliphatic heterocycles. The van der Waals surface area contributed by atoms with Gasteiger partial charge in [-0.15, -0.1) is 0 Å². The highest BCUT2D eigenvalue weighted by Crippen LogP contribution is 2.03. The number of aliphatic hydroxyl groups is 2. The third-order valence-electron chi connectivity index (χ3n) is 3.37. The van der Waals surface area contributed by atoms with Gasteiger partial charge in [0.1, 0.15) is 5.78 Å². The molecule has 0 amide bonds. The first kappa shape index (κ1) is 29.6. The average molecular weight is 321 g/mol. The maximum Gasteiger partial charge on any atom is 0.135 e. The molecule has 0 heterocycles. The number of ketones is 1. The lowest BCUT2D eigenvalue weighted by atomic mass is 10.1. The molecule has 2 N–H and O–H groups in total. The van der Waals surface area contributed by atoms with Crippen molar-refractivity contribution in [2.24, 2.45) is 17.8 Å². The van der Waals surface area contributed by atoms with Crippen LogP contribution in [0, 0.1) is 17.8 Å². The third-order valence-corrected chi connectivity index (χ3v) is 3.37. The van der Waals surface area contributed by atoms with Gasteiger partial charge in [-0.25, -0.2) is 0 Å². The Morgan fingerprint density at radius 1 is 0.773 bits per heavy atom. The van der Waals surface area contributed by atoms with Gasteiger partial charge < -0.3 is 10.2 Å². The molecule has 0 saturated heterocycles. The molecule has 0 aliphatic rings. The van der Waals surface area contributed by atoms with E-state index in [1.807, 2.05) is 62.3 Å². The summed E-state index contributed by atoms with van der Waals surface area (Å²) in [6, 6.07) is 0. The first-order valence-corrected chi connectivity index (χ1v) is 8.43. The Labute approximate surface area is 140 Å². The number of carbonyl (C=O) groups is 1. The van der Waals surface area contributed by atoms with E-state index in [2.05, 4.69) is 0 Å². The van der Waals surface area contributed by atoms with Gasteiger partial charge in [0.25, 0.3) is 0 Å². The van der Waals surface area contributed by atoms with Crippen LogP contribution in [0.15, 0.2) is 0 Å². The predicted octanol–water partition coefficient (Wildman–Crippen LogP) is 5.08. The Bertz CT molecular complexity index is 209. The minimum atomic E-state index is -0.0972. The molecule has 2 atom stereocenters. The molecular weight excluding hydrogens is 276 g/mol. The largest absolute Gasteiger partial charge is 0.393 e. The molecule has 0 spiro atoms. The summed E-state index contributed by atoms with van der Waals surface area (Å²) in [7, 11) is 0. The van der Waals surface area contributed by atoms with Crippen LogP contribution in [0.4, 0.5) is 0 Å². The first-order chi connectivity index (χ1) is 9.54. The molecule has 0 fully saturated rings. The van der Waals surface area contributed by atoms with Crippen LogP contribution in [0.25, 0.3) is 0 Å². The standard InChI is InChI=1S/2C6H14O.C6H12O.CH4/c3*1-4-6(7)5(2)3;/h2*5-7H,4H2,1-3H3;5H,4H2,1-3H3;1H4. The maximum atomic E-state index is 10.5. The third kappa shape index (κ3) is 21.9. The molecule has 0 bridgehead atoms. The first-order valence-electron chi connectivity index (χ1n) is 8.43. The lowest BCUT2D eigenvalue weighted by Crippen LogP contribution is -2.11. The van der Waals surface area contributed by atoms with E-state index in [0.29, 0.717) is 24.0 Å². The summed E-state index contributed by atoms with van der Waals surface area (Å²) in [4.78, 5) is 10.5. The van der Waals surface area contributed by atoms with Crippen LogP contribution in [0.2, 0.25) is 0 Å². The number of aliphatic hydroxyl groups excluding tert-OH is 2. The fourth-order valence-corrected chi connectivity index (χ4v) is 1.35. The molecule has 0 saturated carbocycles. The van der Waals surface area contributed by atoms with Crippen LogP contribution in [0.3, 0.4) is 0 Å². The van der Waals surface area contributed by atoms with Crippen molar-refractivity contribution in [3.63, 3.8) is 0 Å². The van der Waals surface area contributed by atoms with Crippen molar-refractivity contribution in [1.82, 2.24) is 0 Å². The molecule has 0 aromatic rings. The highest BCUT2D eigenvalue weighted by Gasteiger charge is 2.04. The lowest BCUT2D eigenvalue weighted by molar-refractivity contribution is -0.121. The average Bonchev–Trinajstić information content (AvgIpc) is 2.45. The quantitative estimate of drug-likeness (QED) is 0.717. The lowest BCUT2D eigenvalue weighted by Gasteiger charge is -2.09. The van der Waals surface area contributed by atoms with Gasteiger partial charge in [-0.1, -0.05) is 69.7 Å². The fraction of sp³-hybridized carbons (Fsp3) is 0.947. The van der Waals surface area contributed by atoms with Crippen molar-refractivity contribution >= 4 is 5.78 Å². The molecule has 0 aromatic carbocycles. The van der Waals surface area contributed by atoms with E-state index in [-0.39, 0.29) is 25.6 Å². The van der Waals surface area contributed by atoms with E-state index in [1.165, 1.54) is 0 Å². The van der Waals surface area contributed by atoms with Gasteiger partial charge in [0.2, 0.25) is 0 Å². The second-order valence-corrected chi connectivity index (χ2v) is 6.41. The zero-order chi connectivity index (χ0) is 17.6. The van der Waals surface area contributed by atoms with E-state index >= 15 is 0 Å². The van der Waals surface area contributed by atoms with Gasteiger partial charge in [-0.2, -0.15) is 0 Å². The Kier molecular flexibility index (Phi) is 25.1. The Morgan fingerprint density at radius 2 is 1.05 bits per heavy atom. The number of Topliss-reactive ketones (excluding diaryl/α,β-unsaturated/α-hetero) is 1. The molecule has 0 radical (unpaired) electrons. The molecule has 2 unspecified atom stereocenters. The van der Waals surface area contributed by atoms with Crippen LogP contribution in [0.5, 0.6) is 0 Å². The summed E-state index contributed by atoms with van der Waals surface area (Å²) in [5.41, 5.74) is 0. The summed E-state index contributed by atoms with van der Waals surface area (Å²) in [6.45, 7) is 17.8. The predicted molar refractivity (Wildman–Crippen MR) is 99.1 cm³/mol. The Morgan fingerprint density at radius 3 is 1.05 bits per heavy atom. The minimum Gasteiger partial charge on any atom is -0.393 e. The topological polar surface area (TPSA) is 57.5 Å². The van der Waals surface area contributed by atoms with Crippen molar-refractivity contribution in [3.05, 3.63) is 0 Å². The molecule has 138 valence electrons. The Balaban J connectivity index is -0.000000108. The van der Waals surface area contributed by atoms with Gasteiger partial charge in [-0.05, 0) is 24.7 Å². The maximum absolute atomic E-state index is 10.5. The second kappa shape index (κ2) is 18.6. The van der Waals surface area contributed by atoms with Gasteiger partial charge in [-0.3, -0.25) is 4.79 Å². The van der Waals surface area contributed by atoms with Crippen LogP contribution < -0.4 is 0 Å². The molecule has 0 rings (SSSR count). The molecule has 0 aliphatic carbocycles. The van der Waals surface area contributed by atoms with E-state index in [9.17, 15) is 4.79 Å². The van der Waals surface area contributed by atoms with Gasteiger partial charge in [0.15, 0.2) is 0 Å². The van der Waals surface area contributed by atoms with Gasteiger partial charge in [0, 0.05) is 12.3 Å². The minimum absolute atomic E-state index is 0. The smallest absolute Gasteiger partial charge is 0.135 e. The number of hydrogen-bond acceptors (Lipinski definition) is 3. The zero-order valence-corrected chi connectivity index (χ0v) is 15.8. The highest BCUT2D eigenvalue weighted by molar-refractivity contribution is 5.79. The molecule has 0 aromatic heterocycles. The van der Waals surface area contributed by atoms with Crippen molar-refractivity contribution in [1.29, 1.82) is 0 Å². The summed E-state index contributed by atoms with van der Waals surface area (Å²) < 4.78 is 0.